The molecule has 2 aromatic heterocycles. The summed E-state index contributed by atoms with van der Waals surface area (Å²) in [5.41, 5.74) is 7.65. The fourth-order valence-corrected chi connectivity index (χ4v) is 2.01. The van der Waals surface area contributed by atoms with Gasteiger partial charge in [-0.1, -0.05) is 18.6 Å². The highest BCUT2D eigenvalue weighted by Crippen LogP contribution is 2.27. The summed E-state index contributed by atoms with van der Waals surface area (Å²) in [6.45, 7) is 4.57. The van der Waals surface area contributed by atoms with Gasteiger partial charge in [0.1, 0.15) is 5.58 Å². The number of fused-ring (bicyclic) bond motifs is 1. The van der Waals surface area contributed by atoms with Gasteiger partial charge in [-0.2, -0.15) is 15.0 Å². The Bertz CT molecular complexity index is 782. The molecule has 3 aromatic rings. The van der Waals surface area contributed by atoms with Crippen molar-refractivity contribution in [2.75, 3.05) is 12.3 Å². The number of hydrogen-bond acceptors (Lipinski definition) is 6. The van der Waals surface area contributed by atoms with E-state index in [-0.39, 0.29) is 12.0 Å². The standard InChI is InChI=1S/C15H16N4O2/c1-3-6-20-15-18-13(17-14(16)19-15)12-8-10-7-9(2)4-5-11(10)21-12/h4-5,7-8H,3,6H2,1-2H3,(H2,16,17,18,19). The van der Waals surface area contributed by atoms with Crippen molar-refractivity contribution in [2.24, 2.45) is 0 Å². The molecule has 3 rings (SSSR count). The second-order valence-electron chi connectivity index (χ2n) is 4.80. The molecule has 0 bridgehead atoms. The van der Waals surface area contributed by atoms with Crippen molar-refractivity contribution in [2.45, 2.75) is 20.3 Å². The Labute approximate surface area is 122 Å². The molecule has 6 nitrogen and oxygen atoms in total. The lowest BCUT2D eigenvalue weighted by Crippen LogP contribution is -2.05. The number of rotatable bonds is 4. The number of furan rings is 1. The van der Waals surface area contributed by atoms with Crippen molar-refractivity contribution >= 4 is 16.9 Å². The number of nitrogens with zero attached hydrogens (tertiary/aromatic N) is 3. The van der Waals surface area contributed by atoms with E-state index >= 15 is 0 Å². The first kappa shape index (κ1) is 13.4. The second-order valence-corrected chi connectivity index (χ2v) is 4.80. The zero-order valence-corrected chi connectivity index (χ0v) is 12.0. The molecule has 0 saturated heterocycles. The van der Waals surface area contributed by atoms with Gasteiger partial charge < -0.3 is 14.9 Å². The van der Waals surface area contributed by atoms with E-state index in [0.29, 0.717) is 18.2 Å². The zero-order chi connectivity index (χ0) is 14.8. The van der Waals surface area contributed by atoms with Crippen LogP contribution >= 0.6 is 0 Å². The summed E-state index contributed by atoms with van der Waals surface area (Å²) >= 11 is 0. The molecule has 21 heavy (non-hydrogen) atoms. The third-order valence-electron chi connectivity index (χ3n) is 2.96. The molecule has 0 aliphatic heterocycles. The van der Waals surface area contributed by atoms with Crippen LogP contribution in [-0.4, -0.2) is 21.6 Å². The zero-order valence-electron chi connectivity index (χ0n) is 12.0. The summed E-state index contributed by atoms with van der Waals surface area (Å²) in [5.74, 6) is 1.04. The van der Waals surface area contributed by atoms with Gasteiger partial charge in [-0.15, -0.1) is 0 Å². The van der Waals surface area contributed by atoms with Crippen molar-refractivity contribution < 1.29 is 9.15 Å². The molecule has 1 aromatic carbocycles. The van der Waals surface area contributed by atoms with Gasteiger partial charge in [0.05, 0.1) is 6.61 Å². The first-order valence-corrected chi connectivity index (χ1v) is 6.80. The maximum absolute atomic E-state index is 5.76. The largest absolute Gasteiger partial charge is 0.463 e. The number of aromatic nitrogens is 3. The number of hydrogen-bond donors (Lipinski definition) is 1. The van der Waals surface area contributed by atoms with E-state index in [2.05, 4.69) is 15.0 Å². The highest BCUT2D eigenvalue weighted by atomic mass is 16.5. The van der Waals surface area contributed by atoms with Crippen LogP contribution in [0.3, 0.4) is 0 Å². The Morgan fingerprint density at radius 2 is 2.05 bits per heavy atom. The molecule has 0 aliphatic rings. The van der Waals surface area contributed by atoms with Gasteiger partial charge in [-0.05, 0) is 31.5 Å². The average Bonchev–Trinajstić information content (AvgIpc) is 2.87. The van der Waals surface area contributed by atoms with Crippen molar-refractivity contribution in [3.63, 3.8) is 0 Å². The van der Waals surface area contributed by atoms with E-state index in [1.165, 1.54) is 0 Å². The number of nitrogen functional groups attached to an aromatic ring is 1. The topological polar surface area (TPSA) is 87.1 Å². The highest BCUT2D eigenvalue weighted by Gasteiger charge is 2.12. The number of anilines is 1. The Hall–Kier alpha value is -2.63. The Balaban J connectivity index is 2.02. The van der Waals surface area contributed by atoms with Crippen molar-refractivity contribution in [3.05, 3.63) is 29.8 Å². The number of aryl methyl sites for hydroxylation is 1. The summed E-state index contributed by atoms with van der Waals surface area (Å²) in [7, 11) is 0. The average molecular weight is 284 g/mol. The van der Waals surface area contributed by atoms with Crippen LogP contribution in [0.4, 0.5) is 5.95 Å². The van der Waals surface area contributed by atoms with E-state index in [1.54, 1.807) is 0 Å². The fourth-order valence-electron chi connectivity index (χ4n) is 2.01. The van der Waals surface area contributed by atoms with Crippen LogP contribution in [0.2, 0.25) is 0 Å². The van der Waals surface area contributed by atoms with E-state index in [4.69, 9.17) is 14.9 Å². The molecule has 108 valence electrons. The summed E-state index contributed by atoms with van der Waals surface area (Å²) in [4.78, 5) is 12.3. The first-order valence-electron chi connectivity index (χ1n) is 6.80. The minimum Gasteiger partial charge on any atom is -0.463 e. The minimum atomic E-state index is 0.114. The molecule has 0 aliphatic carbocycles. The van der Waals surface area contributed by atoms with Gasteiger partial charge >= 0.3 is 6.01 Å². The van der Waals surface area contributed by atoms with Crippen molar-refractivity contribution in [3.8, 4) is 17.6 Å². The summed E-state index contributed by atoms with van der Waals surface area (Å²) < 4.78 is 11.2. The van der Waals surface area contributed by atoms with E-state index < -0.39 is 0 Å². The van der Waals surface area contributed by atoms with Crippen molar-refractivity contribution in [1.82, 2.24) is 15.0 Å². The molecular weight excluding hydrogens is 268 g/mol. The van der Waals surface area contributed by atoms with E-state index in [1.807, 2.05) is 38.1 Å². The van der Waals surface area contributed by atoms with Crippen LogP contribution in [0.25, 0.3) is 22.6 Å². The Morgan fingerprint density at radius 1 is 1.19 bits per heavy atom. The molecule has 0 amide bonds. The van der Waals surface area contributed by atoms with E-state index in [9.17, 15) is 0 Å². The lowest BCUT2D eigenvalue weighted by molar-refractivity contribution is 0.292. The van der Waals surface area contributed by atoms with Gasteiger partial charge in [-0.3, -0.25) is 0 Å². The molecule has 0 spiro atoms. The third kappa shape index (κ3) is 2.79. The molecule has 2 N–H and O–H groups in total. The Kier molecular flexibility index (Phi) is 3.43. The molecule has 0 fully saturated rings. The number of ether oxygens (including phenoxy) is 1. The first-order chi connectivity index (χ1) is 10.2. The minimum absolute atomic E-state index is 0.114. The smallest absolute Gasteiger partial charge is 0.321 e. The van der Waals surface area contributed by atoms with Gasteiger partial charge in [0, 0.05) is 5.39 Å². The van der Waals surface area contributed by atoms with Gasteiger partial charge in [0.25, 0.3) is 0 Å². The normalized spacial score (nSPS) is 11.0. The Morgan fingerprint density at radius 3 is 2.86 bits per heavy atom. The van der Waals surface area contributed by atoms with Gasteiger partial charge in [0.15, 0.2) is 5.76 Å². The third-order valence-corrected chi connectivity index (χ3v) is 2.96. The van der Waals surface area contributed by atoms with E-state index in [0.717, 1.165) is 23.0 Å². The maximum Gasteiger partial charge on any atom is 0.321 e. The highest BCUT2D eigenvalue weighted by molar-refractivity contribution is 5.82. The molecule has 0 saturated carbocycles. The summed E-state index contributed by atoms with van der Waals surface area (Å²) in [6, 6.07) is 8.07. The fraction of sp³-hybridized carbons (Fsp3) is 0.267. The predicted octanol–water partition coefficient (Wildman–Crippen LogP) is 2.96. The molecule has 0 unspecified atom stereocenters. The van der Waals surface area contributed by atoms with Crippen LogP contribution in [0, 0.1) is 6.92 Å². The summed E-state index contributed by atoms with van der Waals surface area (Å²) in [5, 5.41) is 1.00. The molecule has 0 radical (unpaired) electrons. The monoisotopic (exact) mass is 284 g/mol. The van der Waals surface area contributed by atoms with Crippen LogP contribution < -0.4 is 10.5 Å². The number of nitrogens with two attached hydrogens (primary N) is 1. The molecule has 2 heterocycles. The quantitative estimate of drug-likeness (QED) is 0.792. The lowest BCUT2D eigenvalue weighted by atomic mass is 10.2. The van der Waals surface area contributed by atoms with Crippen LogP contribution in [0.1, 0.15) is 18.9 Å². The van der Waals surface area contributed by atoms with Gasteiger partial charge in [-0.25, -0.2) is 0 Å². The van der Waals surface area contributed by atoms with Gasteiger partial charge in [0.2, 0.25) is 11.8 Å². The lowest BCUT2D eigenvalue weighted by Gasteiger charge is -2.03. The van der Waals surface area contributed by atoms with Crippen LogP contribution in [0.5, 0.6) is 6.01 Å². The predicted molar refractivity (Wildman–Crippen MR) is 80.0 cm³/mol. The summed E-state index contributed by atoms with van der Waals surface area (Å²) in [6.07, 6.45) is 0.866. The SMILES string of the molecule is CCCOc1nc(N)nc(-c2cc3cc(C)ccc3o2)n1. The van der Waals surface area contributed by atoms with Crippen LogP contribution in [-0.2, 0) is 0 Å². The molecule has 0 atom stereocenters. The maximum atomic E-state index is 5.76. The number of benzene rings is 1. The molecule has 6 heteroatoms. The molecular formula is C15H16N4O2. The second kappa shape index (κ2) is 5.40. The van der Waals surface area contributed by atoms with Crippen molar-refractivity contribution in [1.29, 1.82) is 0 Å². The van der Waals surface area contributed by atoms with Crippen LogP contribution in [0.15, 0.2) is 28.7 Å².